The molecule has 0 spiro atoms. The molecule has 0 fully saturated rings. The molecule has 0 aliphatic rings. The molecule has 1 N–H and O–H groups in total. The molecule has 0 saturated carbocycles. The normalized spacial score (nSPS) is 10.0. The molecule has 3 nitrogen and oxygen atoms in total. The molecule has 1 heterocycles. The number of unbranched alkanes of at least 4 members (excludes halogenated alkanes) is 5. The fraction of sp³-hybridized carbons (Fsp3) is 0.769. The second-order valence-corrected chi connectivity index (χ2v) is 4.33. The number of rotatable bonds is 7. The monoisotopic (exact) mass is 225 g/mol. The lowest BCUT2D eigenvalue weighted by atomic mass is 10.1. The van der Waals surface area contributed by atoms with E-state index < -0.39 is 0 Å². The summed E-state index contributed by atoms with van der Waals surface area (Å²) in [6, 6.07) is 0. The number of aromatic amines is 1. The largest absolute Gasteiger partial charge is 0.351 e. The van der Waals surface area contributed by atoms with Gasteiger partial charge in [-0.2, -0.15) is 0 Å². The highest BCUT2D eigenvalue weighted by Crippen LogP contribution is 2.04. The van der Waals surface area contributed by atoms with Gasteiger partial charge < -0.3 is 9.88 Å². The van der Waals surface area contributed by atoms with Gasteiger partial charge in [0.1, 0.15) is 0 Å². The fourth-order valence-electron chi connectivity index (χ4n) is 1.42. The van der Waals surface area contributed by atoms with Gasteiger partial charge in [-0.25, -0.2) is 4.98 Å². The number of imidazole rings is 1. The van der Waals surface area contributed by atoms with Crippen molar-refractivity contribution in [3.8, 4) is 0 Å². The summed E-state index contributed by atoms with van der Waals surface area (Å²) in [5.41, 5.74) is 0. The Morgan fingerprint density at radius 2 is 1.75 bits per heavy atom. The highest BCUT2D eigenvalue weighted by molar-refractivity contribution is 4.64. The minimum Gasteiger partial charge on any atom is -0.351 e. The molecule has 0 aliphatic heterocycles. The van der Waals surface area contributed by atoms with E-state index in [1.54, 1.807) is 18.7 Å². The smallest absolute Gasteiger partial charge is 0.0919 e. The third kappa shape index (κ3) is 13.2. The Morgan fingerprint density at radius 3 is 2.19 bits per heavy atom. The van der Waals surface area contributed by atoms with Crippen LogP contribution >= 0.6 is 0 Å². The van der Waals surface area contributed by atoms with Crippen LogP contribution in [0.5, 0.6) is 0 Å². The maximum absolute atomic E-state index is 3.67. The molecule has 0 aliphatic carbocycles. The molecule has 1 aromatic heterocycles. The summed E-state index contributed by atoms with van der Waals surface area (Å²) >= 11 is 0. The van der Waals surface area contributed by atoms with Crippen molar-refractivity contribution in [3.05, 3.63) is 18.7 Å². The Morgan fingerprint density at radius 1 is 1.06 bits per heavy atom. The van der Waals surface area contributed by atoms with Crippen molar-refractivity contribution in [3.63, 3.8) is 0 Å². The summed E-state index contributed by atoms with van der Waals surface area (Å²) in [5, 5.41) is 0. The van der Waals surface area contributed by atoms with Gasteiger partial charge in [0.25, 0.3) is 0 Å². The van der Waals surface area contributed by atoms with E-state index in [2.05, 4.69) is 35.9 Å². The quantitative estimate of drug-likeness (QED) is 0.722. The minimum absolute atomic E-state index is 1.26. The zero-order chi connectivity index (χ0) is 12.1. The van der Waals surface area contributed by atoms with E-state index in [0.717, 1.165) is 0 Å². The van der Waals surface area contributed by atoms with Crippen LogP contribution in [0.25, 0.3) is 0 Å². The van der Waals surface area contributed by atoms with Gasteiger partial charge in [0.2, 0.25) is 0 Å². The summed E-state index contributed by atoms with van der Waals surface area (Å²) in [4.78, 5) is 8.68. The molecular weight excluding hydrogens is 198 g/mol. The molecule has 0 radical (unpaired) electrons. The molecule has 1 rings (SSSR count). The Balaban J connectivity index is 0.000000368. The lowest BCUT2D eigenvalue weighted by molar-refractivity contribution is 0.389. The summed E-state index contributed by atoms with van der Waals surface area (Å²) in [6.45, 7) is 3.52. The SMILES string of the molecule is CCCCCCCCN(C)C.c1c[nH]cn1. The van der Waals surface area contributed by atoms with Gasteiger partial charge in [0.15, 0.2) is 0 Å². The number of hydrogen-bond acceptors (Lipinski definition) is 2. The van der Waals surface area contributed by atoms with Crippen molar-refractivity contribution in [2.45, 2.75) is 45.4 Å². The van der Waals surface area contributed by atoms with Gasteiger partial charge in [0.05, 0.1) is 6.33 Å². The van der Waals surface area contributed by atoms with Crippen LogP contribution in [0.3, 0.4) is 0 Å². The predicted molar refractivity (Wildman–Crippen MR) is 70.5 cm³/mol. The molecule has 0 unspecified atom stereocenters. The van der Waals surface area contributed by atoms with Gasteiger partial charge in [-0.3, -0.25) is 0 Å². The Bertz CT molecular complexity index is 178. The lowest BCUT2D eigenvalue weighted by Crippen LogP contribution is -2.12. The second-order valence-electron chi connectivity index (χ2n) is 4.33. The number of aromatic nitrogens is 2. The molecule has 0 atom stereocenters. The average molecular weight is 225 g/mol. The zero-order valence-electron chi connectivity index (χ0n) is 11.1. The van der Waals surface area contributed by atoms with Gasteiger partial charge in [-0.1, -0.05) is 39.0 Å². The average Bonchev–Trinajstić information content (AvgIpc) is 2.81. The van der Waals surface area contributed by atoms with Crippen LogP contribution in [0.1, 0.15) is 45.4 Å². The second kappa shape index (κ2) is 12.2. The predicted octanol–water partition coefficient (Wildman–Crippen LogP) is 3.32. The Kier molecular flexibility index (Phi) is 11.6. The van der Waals surface area contributed by atoms with E-state index >= 15 is 0 Å². The highest BCUT2D eigenvalue weighted by Gasteiger charge is 1.90. The topological polar surface area (TPSA) is 31.9 Å². The maximum Gasteiger partial charge on any atom is 0.0919 e. The number of H-pyrrole nitrogens is 1. The van der Waals surface area contributed by atoms with Gasteiger partial charge in [-0.15, -0.1) is 0 Å². The lowest BCUT2D eigenvalue weighted by Gasteiger charge is -2.08. The first kappa shape index (κ1) is 15.2. The number of nitrogens with zero attached hydrogens (tertiary/aromatic N) is 2. The first-order valence-corrected chi connectivity index (χ1v) is 6.34. The van der Waals surface area contributed by atoms with E-state index in [1.807, 2.05) is 0 Å². The van der Waals surface area contributed by atoms with Gasteiger partial charge >= 0.3 is 0 Å². The van der Waals surface area contributed by atoms with Crippen molar-refractivity contribution in [1.82, 2.24) is 14.9 Å². The Hall–Kier alpha value is -0.830. The summed E-state index contributed by atoms with van der Waals surface area (Å²) in [7, 11) is 4.29. The molecule has 0 aromatic carbocycles. The highest BCUT2D eigenvalue weighted by atomic mass is 15.0. The van der Waals surface area contributed by atoms with Crippen molar-refractivity contribution in [1.29, 1.82) is 0 Å². The Labute approximate surface area is 100 Å². The van der Waals surface area contributed by atoms with Crippen LogP contribution < -0.4 is 0 Å². The van der Waals surface area contributed by atoms with Crippen molar-refractivity contribution < 1.29 is 0 Å². The molecule has 1 aromatic rings. The van der Waals surface area contributed by atoms with Gasteiger partial charge in [0, 0.05) is 12.4 Å². The molecule has 94 valence electrons. The summed E-state index contributed by atoms with van der Waals surface area (Å²) in [5.74, 6) is 0. The van der Waals surface area contributed by atoms with Crippen LogP contribution in [0, 0.1) is 0 Å². The van der Waals surface area contributed by atoms with Crippen LogP contribution in [-0.2, 0) is 0 Å². The van der Waals surface area contributed by atoms with Crippen LogP contribution in [0.15, 0.2) is 18.7 Å². The van der Waals surface area contributed by atoms with E-state index in [0.29, 0.717) is 0 Å². The first-order chi connectivity index (χ1) is 7.77. The number of hydrogen-bond donors (Lipinski definition) is 1. The van der Waals surface area contributed by atoms with Gasteiger partial charge in [-0.05, 0) is 27.1 Å². The standard InChI is InChI=1S/C10H23N.C3H4N2/c1-4-5-6-7-8-9-10-11(2)3;1-2-5-3-4-1/h4-10H2,1-3H3;1-3H,(H,4,5). The van der Waals surface area contributed by atoms with Crippen LogP contribution in [0.4, 0.5) is 0 Å². The van der Waals surface area contributed by atoms with Crippen molar-refractivity contribution >= 4 is 0 Å². The van der Waals surface area contributed by atoms with E-state index in [4.69, 9.17) is 0 Å². The van der Waals surface area contributed by atoms with Crippen LogP contribution in [0.2, 0.25) is 0 Å². The first-order valence-electron chi connectivity index (χ1n) is 6.34. The third-order valence-electron chi connectivity index (χ3n) is 2.36. The van der Waals surface area contributed by atoms with E-state index in [9.17, 15) is 0 Å². The van der Waals surface area contributed by atoms with E-state index in [1.165, 1.54) is 45.1 Å². The summed E-state index contributed by atoms with van der Waals surface area (Å²) in [6.07, 6.45) is 13.5. The molecule has 0 amide bonds. The zero-order valence-corrected chi connectivity index (χ0v) is 11.1. The maximum atomic E-state index is 3.67. The fourth-order valence-corrected chi connectivity index (χ4v) is 1.42. The van der Waals surface area contributed by atoms with E-state index in [-0.39, 0.29) is 0 Å². The van der Waals surface area contributed by atoms with Crippen molar-refractivity contribution in [2.24, 2.45) is 0 Å². The molecule has 0 saturated heterocycles. The molecule has 0 bridgehead atoms. The third-order valence-corrected chi connectivity index (χ3v) is 2.36. The van der Waals surface area contributed by atoms with Crippen LogP contribution in [-0.4, -0.2) is 35.5 Å². The minimum atomic E-state index is 1.26. The number of nitrogens with one attached hydrogen (secondary N) is 1. The molecule has 16 heavy (non-hydrogen) atoms. The molecular formula is C13H27N3. The van der Waals surface area contributed by atoms with Crippen molar-refractivity contribution in [2.75, 3.05) is 20.6 Å². The summed E-state index contributed by atoms with van der Waals surface area (Å²) < 4.78 is 0. The molecule has 3 heteroatoms.